The van der Waals surface area contributed by atoms with E-state index in [1.807, 2.05) is 24.3 Å². The third kappa shape index (κ3) is 4.01. The molecule has 1 aliphatic rings. The van der Waals surface area contributed by atoms with Crippen LogP contribution in [0.5, 0.6) is 5.75 Å². The summed E-state index contributed by atoms with van der Waals surface area (Å²) in [4.78, 5) is 43.0. The summed E-state index contributed by atoms with van der Waals surface area (Å²) in [5.74, 6) is 0.370. The smallest absolute Gasteiger partial charge is 0.261 e. The van der Waals surface area contributed by atoms with Gasteiger partial charge in [-0.1, -0.05) is 12.1 Å². The fourth-order valence-corrected chi connectivity index (χ4v) is 3.92. The Bertz CT molecular complexity index is 1370. The highest BCUT2D eigenvalue weighted by Gasteiger charge is 2.34. The Kier molecular flexibility index (Phi) is 5.55. The van der Waals surface area contributed by atoms with Crippen LogP contribution in [0.1, 0.15) is 33.6 Å². The van der Waals surface area contributed by atoms with Crippen molar-refractivity contribution in [3.05, 3.63) is 77.9 Å². The van der Waals surface area contributed by atoms with Crippen LogP contribution >= 0.6 is 0 Å². The third-order valence-corrected chi connectivity index (χ3v) is 5.67. The number of rotatable bonds is 7. The number of carbonyl (C=O) groups is 3. The lowest BCUT2D eigenvalue weighted by molar-refractivity contribution is -0.116. The summed E-state index contributed by atoms with van der Waals surface area (Å²) in [6, 6.07) is 19.4. The summed E-state index contributed by atoms with van der Waals surface area (Å²) in [7, 11) is 1.61. The molecular formula is C26H21N3O5. The maximum absolute atomic E-state index is 12.4. The van der Waals surface area contributed by atoms with Gasteiger partial charge in [-0.25, -0.2) is 4.98 Å². The molecular weight excluding hydrogens is 434 g/mol. The predicted molar refractivity (Wildman–Crippen MR) is 126 cm³/mol. The Hall–Kier alpha value is -4.46. The van der Waals surface area contributed by atoms with Gasteiger partial charge in [-0.3, -0.25) is 19.3 Å². The van der Waals surface area contributed by atoms with Crippen molar-refractivity contribution in [2.45, 2.75) is 12.8 Å². The number of carbonyl (C=O) groups excluding carboxylic acids is 3. The number of ether oxygens (including phenoxy) is 1. The maximum atomic E-state index is 12.4. The van der Waals surface area contributed by atoms with Crippen LogP contribution < -0.4 is 10.1 Å². The maximum Gasteiger partial charge on any atom is 0.261 e. The number of nitrogens with zero attached hydrogens (tertiary/aromatic N) is 2. The van der Waals surface area contributed by atoms with Crippen LogP contribution in [0.25, 0.3) is 22.6 Å². The molecule has 170 valence electrons. The molecule has 8 nitrogen and oxygen atoms in total. The monoisotopic (exact) mass is 455 g/mol. The van der Waals surface area contributed by atoms with Gasteiger partial charge in [-0.2, -0.15) is 0 Å². The van der Waals surface area contributed by atoms with E-state index in [4.69, 9.17) is 9.15 Å². The van der Waals surface area contributed by atoms with Crippen LogP contribution in [-0.4, -0.2) is 41.3 Å². The minimum absolute atomic E-state index is 0.166. The average molecular weight is 455 g/mol. The van der Waals surface area contributed by atoms with E-state index in [2.05, 4.69) is 10.3 Å². The molecule has 5 rings (SSSR count). The number of oxazole rings is 1. The number of fused-ring (bicyclic) bond motifs is 2. The quantitative estimate of drug-likeness (QED) is 0.411. The number of methoxy groups -OCH3 is 1. The van der Waals surface area contributed by atoms with E-state index in [-0.39, 0.29) is 30.7 Å². The number of nitrogens with one attached hydrogen (secondary N) is 1. The van der Waals surface area contributed by atoms with E-state index in [9.17, 15) is 14.4 Å². The SMILES string of the molecule is COc1ccc(-c2nc3ccc(NC(=O)CCCN4C(=O)c5ccccc5C4=O)cc3o2)cc1. The molecule has 0 spiro atoms. The molecule has 0 atom stereocenters. The Morgan fingerprint density at radius 2 is 1.71 bits per heavy atom. The van der Waals surface area contributed by atoms with Crippen LogP contribution in [-0.2, 0) is 4.79 Å². The lowest BCUT2D eigenvalue weighted by Gasteiger charge is -2.13. The molecule has 34 heavy (non-hydrogen) atoms. The van der Waals surface area contributed by atoms with Gasteiger partial charge in [0, 0.05) is 30.3 Å². The summed E-state index contributed by atoms with van der Waals surface area (Å²) in [6.07, 6.45) is 0.530. The minimum atomic E-state index is -0.315. The molecule has 2 heterocycles. The normalized spacial score (nSPS) is 12.8. The number of hydrogen-bond acceptors (Lipinski definition) is 6. The average Bonchev–Trinajstić information content (AvgIpc) is 3.39. The van der Waals surface area contributed by atoms with Gasteiger partial charge in [0.2, 0.25) is 11.8 Å². The molecule has 3 amide bonds. The first kappa shape index (κ1) is 21.4. The van der Waals surface area contributed by atoms with Crippen molar-refractivity contribution in [1.82, 2.24) is 9.88 Å². The van der Waals surface area contributed by atoms with Crippen molar-refractivity contribution >= 4 is 34.5 Å². The second-order valence-electron chi connectivity index (χ2n) is 7.89. The summed E-state index contributed by atoms with van der Waals surface area (Å²) < 4.78 is 11.0. The minimum Gasteiger partial charge on any atom is -0.497 e. The van der Waals surface area contributed by atoms with Crippen molar-refractivity contribution in [1.29, 1.82) is 0 Å². The van der Waals surface area contributed by atoms with Gasteiger partial charge >= 0.3 is 0 Å². The first-order chi connectivity index (χ1) is 16.5. The van der Waals surface area contributed by atoms with Gasteiger partial charge in [0.25, 0.3) is 11.8 Å². The van der Waals surface area contributed by atoms with E-state index in [0.29, 0.717) is 40.2 Å². The van der Waals surface area contributed by atoms with Gasteiger partial charge < -0.3 is 14.5 Å². The van der Waals surface area contributed by atoms with Crippen LogP contribution in [0.2, 0.25) is 0 Å². The number of imide groups is 1. The van der Waals surface area contributed by atoms with E-state index in [1.165, 1.54) is 4.90 Å². The highest BCUT2D eigenvalue weighted by molar-refractivity contribution is 6.21. The first-order valence-electron chi connectivity index (χ1n) is 10.8. The van der Waals surface area contributed by atoms with Crippen molar-refractivity contribution in [2.75, 3.05) is 19.0 Å². The summed E-state index contributed by atoms with van der Waals surface area (Å²) in [5.41, 5.74) is 3.44. The second kappa shape index (κ2) is 8.82. The molecule has 1 aromatic heterocycles. The highest BCUT2D eigenvalue weighted by atomic mass is 16.5. The zero-order valence-corrected chi connectivity index (χ0v) is 18.4. The molecule has 1 N–H and O–H groups in total. The molecule has 3 aromatic carbocycles. The molecule has 0 aliphatic carbocycles. The van der Waals surface area contributed by atoms with E-state index in [1.54, 1.807) is 49.6 Å². The molecule has 0 bridgehead atoms. The van der Waals surface area contributed by atoms with Gasteiger partial charge in [0.05, 0.1) is 18.2 Å². The molecule has 0 saturated heterocycles. The lowest BCUT2D eigenvalue weighted by atomic mass is 10.1. The van der Waals surface area contributed by atoms with Crippen molar-refractivity contribution in [3.8, 4) is 17.2 Å². The van der Waals surface area contributed by atoms with E-state index >= 15 is 0 Å². The van der Waals surface area contributed by atoms with Crippen LogP contribution in [0.3, 0.4) is 0 Å². The third-order valence-electron chi connectivity index (χ3n) is 5.67. The molecule has 1 aliphatic heterocycles. The van der Waals surface area contributed by atoms with Crippen molar-refractivity contribution < 1.29 is 23.5 Å². The fourth-order valence-electron chi connectivity index (χ4n) is 3.92. The molecule has 0 saturated carbocycles. The second-order valence-corrected chi connectivity index (χ2v) is 7.89. The van der Waals surface area contributed by atoms with Crippen molar-refractivity contribution in [2.24, 2.45) is 0 Å². The Morgan fingerprint density at radius 1 is 1.00 bits per heavy atom. The number of aromatic nitrogens is 1. The zero-order valence-electron chi connectivity index (χ0n) is 18.4. The predicted octanol–water partition coefficient (Wildman–Crippen LogP) is 4.52. The van der Waals surface area contributed by atoms with Gasteiger partial charge in [0.15, 0.2) is 5.58 Å². The van der Waals surface area contributed by atoms with Crippen LogP contribution in [0.15, 0.2) is 71.1 Å². The summed E-state index contributed by atoms with van der Waals surface area (Å²) >= 11 is 0. The summed E-state index contributed by atoms with van der Waals surface area (Å²) in [5, 5.41) is 2.83. The molecule has 0 fully saturated rings. The zero-order chi connectivity index (χ0) is 23.7. The summed E-state index contributed by atoms with van der Waals surface area (Å²) in [6.45, 7) is 0.187. The van der Waals surface area contributed by atoms with Gasteiger partial charge in [-0.05, 0) is 55.0 Å². The standard InChI is InChI=1S/C26H21N3O5/c1-33-18-11-8-16(9-12-18)24-28-21-13-10-17(15-22(21)34-24)27-23(30)7-4-14-29-25(31)19-5-2-3-6-20(19)26(29)32/h2-3,5-6,8-13,15H,4,7,14H2,1H3,(H,27,30). The Labute approximate surface area is 195 Å². The van der Waals surface area contributed by atoms with Gasteiger partial charge in [-0.15, -0.1) is 0 Å². The number of hydrogen-bond donors (Lipinski definition) is 1. The molecule has 0 radical (unpaired) electrons. The number of benzene rings is 3. The number of anilines is 1. The van der Waals surface area contributed by atoms with Crippen LogP contribution in [0.4, 0.5) is 5.69 Å². The number of amides is 3. The lowest BCUT2D eigenvalue weighted by Crippen LogP contribution is -2.31. The topological polar surface area (TPSA) is 102 Å². The fraction of sp³-hybridized carbons (Fsp3) is 0.154. The van der Waals surface area contributed by atoms with E-state index < -0.39 is 0 Å². The first-order valence-corrected chi connectivity index (χ1v) is 10.8. The van der Waals surface area contributed by atoms with Gasteiger partial charge in [0.1, 0.15) is 11.3 Å². The highest BCUT2D eigenvalue weighted by Crippen LogP contribution is 2.28. The Morgan fingerprint density at radius 3 is 2.38 bits per heavy atom. The van der Waals surface area contributed by atoms with E-state index in [0.717, 1.165) is 11.3 Å². The Balaban J connectivity index is 1.19. The van der Waals surface area contributed by atoms with Crippen molar-refractivity contribution in [3.63, 3.8) is 0 Å². The molecule has 0 unspecified atom stereocenters. The molecule has 8 heteroatoms. The molecule has 4 aromatic rings. The largest absolute Gasteiger partial charge is 0.497 e. The van der Waals surface area contributed by atoms with Crippen LogP contribution in [0, 0.1) is 0 Å².